The van der Waals surface area contributed by atoms with Crippen molar-refractivity contribution >= 4 is 31.3 Å². The van der Waals surface area contributed by atoms with Gasteiger partial charge < -0.3 is 10.6 Å². The van der Waals surface area contributed by atoms with Gasteiger partial charge in [-0.1, -0.05) is 6.07 Å². The summed E-state index contributed by atoms with van der Waals surface area (Å²) in [6.45, 7) is 2.11. The van der Waals surface area contributed by atoms with E-state index in [9.17, 15) is 17.4 Å². The molecule has 1 aliphatic rings. The zero-order valence-electron chi connectivity index (χ0n) is 16.4. The standard InChI is InChI=1S/C19H18F4N7P/c1-31(23)15-4-2-3-13(27-15)16-28-17(25-10-11-5-6-11)30-18(29-16)26-12-7-8-24-14(9-12)19(20,21)22/h2-4,7-9,11H,5-6,10H2,1H3,(H2,24,25,26,28,29,30). The van der Waals surface area contributed by atoms with Gasteiger partial charge in [0.1, 0.15) is 19.6 Å². The first kappa shape index (κ1) is 21.3. The highest BCUT2D eigenvalue weighted by molar-refractivity contribution is 7.59. The van der Waals surface area contributed by atoms with Gasteiger partial charge >= 0.3 is 6.18 Å². The largest absolute Gasteiger partial charge is 0.433 e. The number of nitrogens with one attached hydrogen (secondary N) is 2. The number of rotatable bonds is 7. The van der Waals surface area contributed by atoms with Crippen LogP contribution in [0.3, 0.4) is 0 Å². The summed E-state index contributed by atoms with van der Waals surface area (Å²) < 4.78 is 52.6. The van der Waals surface area contributed by atoms with Crippen molar-refractivity contribution in [3.8, 4) is 11.5 Å². The van der Waals surface area contributed by atoms with Crippen molar-refractivity contribution in [2.24, 2.45) is 5.92 Å². The van der Waals surface area contributed by atoms with Crippen LogP contribution in [0.25, 0.3) is 11.5 Å². The molecular formula is C19H18F4N7P. The first-order valence-electron chi connectivity index (χ1n) is 9.45. The van der Waals surface area contributed by atoms with Gasteiger partial charge in [-0.2, -0.15) is 28.1 Å². The summed E-state index contributed by atoms with van der Waals surface area (Å²) in [5.41, 5.74) is -0.281. The Balaban J connectivity index is 1.67. The molecule has 1 aliphatic carbocycles. The predicted molar refractivity (Wildman–Crippen MR) is 110 cm³/mol. The number of halogens is 4. The third-order valence-corrected chi connectivity index (χ3v) is 5.35. The molecule has 0 saturated heterocycles. The fourth-order valence-corrected chi connectivity index (χ4v) is 3.23. The molecule has 3 aromatic heterocycles. The maximum absolute atomic E-state index is 13.8. The van der Waals surface area contributed by atoms with Crippen molar-refractivity contribution in [1.29, 1.82) is 0 Å². The average Bonchev–Trinajstić information content (AvgIpc) is 3.56. The van der Waals surface area contributed by atoms with E-state index in [4.69, 9.17) is 0 Å². The molecule has 1 fully saturated rings. The number of aromatic nitrogens is 5. The minimum absolute atomic E-state index is 0.0360. The molecule has 4 rings (SSSR count). The number of anilines is 3. The van der Waals surface area contributed by atoms with E-state index in [-0.39, 0.29) is 23.4 Å². The van der Waals surface area contributed by atoms with Gasteiger partial charge in [0.05, 0.1) is 5.44 Å². The fourth-order valence-electron chi connectivity index (χ4n) is 2.69. The zero-order valence-corrected chi connectivity index (χ0v) is 17.3. The molecule has 0 aromatic carbocycles. The Morgan fingerprint density at radius 3 is 2.55 bits per heavy atom. The highest BCUT2D eigenvalue weighted by Crippen LogP contribution is 2.32. The lowest BCUT2D eigenvalue weighted by Crippen LogP contribution is -2.12. The summed E-state index contributed by atoms with van der Waals surface area (Å²) >= 11 is 0. The maximum atomic E-state index is 13.8. The minimum atomic E-state index is -4.58. The van der Waals surface area contributed by atoms with Gasteiger partial charge in [-0.3, -0.25) is 4.98 Å². The van der Waals surface area contributed by atoms with Crippen LogP contribution < -0.4 is 16.1 Å². The lowest BCUT2D eigenvalue weighted by molar-refractivity contribution is -0.141. The Hall–Kier alpha value is -2.94. The topological polar surface area (TPSA) is 88.5 Å². The Kier molecular flexibility index (Phi) is 5.95. The number of alkyl halides is 3. The average molecular weight is 451 g/mol. The summed E-state index contributed by atoms with van der Waals surface area (Å²) in [5.74, 6) is 1.02. The first-order chi connectivity index (χ1) is 14.8. The Labute approximate surface area is 176 Å². The normalized spacial score (nSPS) is 14.9. The van der Waals surface area contributed by atoms with Crippen LogP contribution in [-0.4, -0.2) is 38.1 Å². The van der Waals surface area contributed by atoms with Crippen LogP contribution in [0.2, 0.25) is 0 Å². The van der Waals surface area contributed by atoms with Gasteiger partial charge in [-0.05, 0) is 49.7 Å². The molecule has 1 unspecified atom stereocenters. The van der Waals surface area contributed by atoms with Crippen LogP contribution in [0.1, 0.15) is 18.5 Å². The summed E-state index contributed by atoms with van der Waals surface area (Å²) in [6.07, 6.45) is -1.29. The molecule has 3 heterocycles. The van der Waals surface area contributed by atoms with Gasteiger partial charge in [0, 0.05) is 18.4 Å². The Morgan fingerprint density at radius 1 is 1.06 bits per heavy atom. The van der Waals surface area contributed by atoms with Crippen molar-refractivity contribution < 1.29 is 17.4 Å². The molecule has 2 N–H and O–H groups in total. The second-order valence-corrected chi connectivity index (χ2v) is 8.45. The van der Waals surface area contributed by atoms with E-state index in [1.807, 2.05) is 0 Å². The van der Waals surface area contributed by atoms with Gasteiger partial charge in [0.2, 0.25) is 11.9 Å². The van der Waals surface area contributed by atoms with E-state index in [0.717, 1.165) is 25.1 Å². The smallest absolute Gasteiger partial charge is 0.354 e. The van der Waals surface area contributed by atoms with Crippen molar-refractivity contribution in [3.05, 3.63) is 42.2 Å². The maximum Gasteiger partial charge on any atom is 0.433 e. The van der Waals surface area contributed by atoms with E-state index in [1.165, 1.54) is 12.7 Å². The first-order valence-corrected chi connectivity index (χ1v) is 11.1. The minimum Gasteiger partial charge on any atom is -0.354 e. The van der Waals surface area contributed by atoms with Crippen LogP contribution >= 0.6 is 8.23 Å². The Morgan fingerprint density at radius 2 is 1.84 bits per heavy atom. The third kappa shape index (κ3) is 5.61. The van der Waals surface area contributed by atoms with Crippen LogP contribution in [0.5, 0.6) is 0 Å². The second-order valence-electron chi connectivity index (χ2n) is 7.04. The summed E-state index contributed by atoms with van der Waals surface area (Å²) in [7, 11) is -1.91. The van der Waals surface area contributed by atoms with Crippen molar-refractivity contribution in [3.63, 3.8) is 0 Å². The number of hydrogen-bond acceptors (Lipinski definition) is 7. The van der Waals surface area contributed by atoms with Crippen molar-refractivity contribution in [2.75, 3.05) is 23.8 Å². The highest BCUT2D eigenvalue weighted by atomic mass is 31.2. The van der Waals surface area contributed by atoms with Crippen LogP contribution in [-0.2, 0) is 6.18 Å². The van der Waals surface area contributed by atoms with Crippen molar-refractivity contribution in [1.82, 2.24) is 24.9 Å². The highest BCUT2D eigenvalue weighted by Gasteiger charge is 2.32. The van der Waals surface area contributed by atoms with E-state index >= 15 is 0 Å². The lowest BCUT2D eigenvalue weighted by atomic mass is 10.3. The molecule has 1 atom stereocenters. The third-order valence-electron chi connectivity index (χ3n) is 4.47. The summed E-state index contributed by atoms with van der Waals surface area (Å²) in [4.78, 5) is 20.5. The van der Waals surface area contributed by atoms with Crippen LogP contribution in [0.15, 0.2) is 36.5 Å². The molecule has 12 heteroatoms. The van der Waals surface area contributed by atoms with E-state index < -0.39 is 20.1 Å². The Bertz CT molecular complexity index is 1070. The van der Waals surface area contributed by atoms with Gasteiger partial charge in [0.15, 0.2) is 5.82 Å². The number of nitrogens with zero attached hydrogens (tertiary/aromatic N) is 5. The quantitative estimate of drug-likeness (QED) is 0.403. The van der Waals surface area contributed by atoms with Crippen LogP contribution in [0.4, 0.5) is 35.0 Å². The molecule has 31 heavy (non-hydrogen) atoms. The number of hydrogen-bond donors (Lipinski definition) is 2. The van der Waals surface area contributed by atoms with Gasteiger partial charge in [-0.25, -0.2) is 9.18 Å². The second kappa shape index (κ2) is 8.66. The van der Waals surface area contributed by atoms with Gasteiger partial charge in [-0.15, -0.1) is 0 Å². The molecule has 0 bridgehead atoms. The van der Waals surface area contributed by atoms with E-state index in [1.54, 1.807) is 18.2 Å². The summed E-state index contributed by atoms with van der Waals surface area (Å²) in [6, 6.07) is 7.12. The van der Waals surface area contributed by atoms with E-state index in [2.05, 4.69) is 35.6 Å². The monoisotopic (exact) mass is 451 g/mol. The molecule has 3 aromatic rings. The zero-order chi connectivity index (χ0) is 22.0. The van der Waals surface area contributed by atoms with Crippen molar-refractivity contribution in [2.45, 2.75) is 19.0 Å². The molecule has 0 spiro atoms. The van der Waals surface area contributed by atoms with Gasteiger partial charge in [0.25, 0.3) is 0 Å². The van der Waals surface area contributed by atoms with E-state index in [0.29, 0.717) is 23.6 Å². The molecule has 7 nitrogen and oxygen atoms in total. The lowest BCUT2D eigenvalue weighted by Gasteiger charge is -2.12. The molecule has 0 radical (unpaired) electrons. The molecule has 1 saturated carbocycles. The predicted octanol–water partition coefficient (Wildman–Crippen LogP) is 4.53. The molecule has 0 aliphatic heterocycles. The SMILES string of the molecule is CP(F)c1cccc(-c2nc(NCC3CC3)nc(Nc3ccnc(C(F)(F)F)c3)n2)n1. The molecular weight excluding hydrogens is 433 g/mol. The van der Waals surface area contributed by atoms with Crippen LogP contribution in [0, 0.1) is 5.92 Å². The molecule has 0 amide bonds. The number of pyridine rings is 2. The molecule has 162 valence electrons. The fraction of sp³-hybridized carbons (Fsp3) is 0.316. The summed E-state index contributed by atoms with van der Waals surface area (Å²) in [5, 5.41) is 5.89.